The van der Waals surface area contributed by atoms with Gasteiger partial charge in [0.15, 0.2) is 0 Å². The summed E-state index contributed by atoms with van der Waals surface area (Å²) in [7, 11) is 1.83. The molecule has 2 nitrogen and oxygen atoms in total. The van der Waals surface area contributed by atoms with E-state index in [0.29, 0.717) is 0 Å². The van der Waals surface area contributed by atoms with E-state index < -0.39 is 0 Å². The summed E-state index contributed by atoms with van der Waals surface area (Å²) in [5, 5.41) is 4.00. The van der Waals surface area contributed by atoms with Crippen LogP contribution in [0.15, 0.2) is 24.5 Å². The minimum absolute atomic E-state index is 0.895. The van der Waals surface area contributed by atoms with Crippen molar-refractivity contribution in [1.29, 1.82) is 0 Å². The molecule has 54 valence electrons. The molecule has 0 N–H and O–H groups in total. The Bertz CT molecular complexity index is 172. The highest BCUT2D eigenvalue weighted by Crippen LogP contribution is 1.97. The number of hydrogen-bond acceptors (Lipinski definition) is 1. The molecule has 0 aliphatic carbocycles. The summed E-state index contributed by atoms with van der Waals surface area (Å²) in [6.07, 6.45) is 4.67. The molecule has 1 heterocycles. The first-order valence-corrected chi connectivity index (χ1v) is 3.38. The Hall–Kier alpha value is -0.890. The zero-order chi connectivity index (χ0) is 7.23. The lowest BCUT2D eigenvalue weighted by molar-refractivity contribution is 1.03. The van der Waals surface area contributed by atoms with Crippen LogP contribution in [0.1, 0.15) is 5.56 Å². The molecule has 0 saturated heterocycles. The van der Waals surface area contributed by atoms with E-state index in [2.05, 4.69) is 16.4 Å². The van der Waals surface area contributed by atoms with Gasteiger partial charge in [0.05, 0.1) is 0 Å². The SMILES string of the molecule is C[N-]CCc1cccnc1. The minimum atomic E-state index is 0.895. The van der Waals surface area contributed by atoms with Gasteiger partial charge >= 0.3 is 0 Å². The molecular formula is C8H11N2-. The molecule has 2 heteroatoms. The third kappa shape index (κ3) is 2.15. The van der Waals surface area contributed by atoms with E-state index in [-0.39, 0.29) is 0 Å². The topological polar surface area (TPSA) is 27.0 Å². The standard InChI is InChI=1S/C8H11N2/c1-9-6-4-8-3-2-5-10-7-8/h2-3,5,7H,4,6H2,1H3/q-1. The molecule has 0 fully saturated rings. The van der Waals surface area contributed by atoms with E-state index in [1.54, 1.807) is 6.20 Å². The van der Waals surface area contributed by atoms with Crippen LogP contribution >= 0.6 is 0 Å². The monoisotopic (exact) mass is 135 g/mol. The smallest absolute Gasteiger partial charge is 0.0299 e. The van der Waals surface area contributed by atoms with Crippen molar-refractivity contribution < 1.29 is 0 Å². The minimum Gasteiger partial charge on any atom is -0.665 e. The quantitative estimate of drug-likeness (QED) is 0.618. The first-order valence-electron chi connectivity index (χ1n) is 3.38. The van der Waals surface area contributed by atoms with Crippen LogP contribution in [0.3, 0.4) is 0 Å². The first kappa shape index (κ1) is 7.22. The van der Waals surface area contributed by atoms with E-state index in [9.17, 15) is 0 Å². The zero-order valence-electron chi connectivity index (χ0n) is 6.12. The molecule has 0 spiro atoms. The second kappa shape index (κ2) is 4.01. The predicted octanol–water partition coefficient (Wildman–Crippen LogP) is 1.63. The van der Waals surface area contributed by atoms with Crippen molar-refractivity contribution in [3.8, 4) is 0 Å². The maximum Gasteiger partial charge on any atom is 0.0299 e. The number of pyridine rings is 1. The molecule has 0 aromatic carbocycles. The molecule has 0 aliphatic heterocycles. The summed E-state index contributed by atoms with van der Waals surface area (Å²) in [5.74, 6) is 0. The number of rotatable bonds is 3. The maximum atomic E-state index is 4.00. The number of likely N-dealkylation sites (N-methyl/N-ethyl adjacent to an activating group) is 1. The van der Waals surface area contributed by atoms with Gasteiger partial charge in [-0.25, -0.2) is 0 Å². The van der Waals surface area contributed by atoms with Crippen LogP contribution in [-0.4, -0.2) is 18.6 Å². The molecule has 0 unspecified atom stereocenters. The van der Waals surface area contributed by atoms with Crippen LogP contribution in [-0.2, 0) is 6.42 Å². The summed E-state index contributed by atoms with van der Waals surface area (Å²) < 4.78 is 0. The fourth-order valence-corrected chi connectivity index (χ4v) is 0.787. The third-order valence-corrected chi connectivity index (χ3v) is 1.35. The molecule has 0 bridgehead atoms. The highest BCUT2D eigenvalue weighted by Gasteiger charge is 1.83. The molecule has 0 atom stereocenters. The molecule has 1 aromatic rings. The fraction of sp³-hybridized carbons (Fsp3) is 0.375. The van der Waals surface area contributed by atoms with E-state index >= 15 is 0 Å². The lowest BCUT2D eigenvalue weighted by atomic mass is 10.2. The second-order valence-corrected chi connectivity index (χ2v) is 2.15. The maximum absolute atomic E-state index is 4.00. The Morgan fingerprint density at radius 3 is 3.10 bits per heavy atom. The van der Waals surface area contributed by atoms with Crippen molar-refractivity contribution in [2.75, 3.05) is 13.6 Å². The second-order valence-electron chi connectivity index (χ2n) is 2.15. The van der Waals surface area contributed by atoms with Gasteiger partial charge in [0.25, 0.3) is 0 Å². The van der Waals surface area contributed by atoms with Crippen molar-refractivity contribution >= 4 is 0 Å². The highest BCUT2D eigenvalue weighted by atomic mass is 14.8. The predicted molar refractivity (Wildman–Crippen MR) is 42.1 cm³/mol. The third-order valence-electron chi connectivity index (χ3n) is 1.35. The summed E-state index contributed by atoms with van der Waals surface area (Å²) in [6, 6.07) is 4.02. The van der Waals surface area contributed by atoms with Crippen LogP contribution < -0.4 is 0 Å². The number of hydrogen-bond donors (Lipinski definition) is 0. The van der Waals surface area contributed by atoms with Crippen molar-refractivity contribution in [1.82, 2.24) is 4.98 Å². The van der Waals surface area contributed by atoms with Crippen LogP contribution in [0.5, 0.6) is 0 Å². The van der Waals surface area contributed by atoms with Crippen molar-refractivity contribution in [3.05, 3.63) is 35.4 Å². The molecular weight excluding hydrogens is 124 g/mol. The summed E-state index contributed by atoms with van der Waals surface area (Å²) in [6.45, 7) is 0.895. The van der Waals surface area contributed by atoms with E-state index in [4.69, 9.17) is 0 Å². The van der Waals surface area contributed by atoms with Gasteiger partial charge in [-0.05, 0) is 18.1 Å². The summed E-state index contributed by atoms with van der Waals surface area (Å²) >= 11 is 0. The van der Waals surface area contributed by atoms with Crippen LogP contribution in [0.25, 0.3) is 5.32 Å². The van der Waals surface area contributed by atoms with Crippen molar-refractivity contribution in [2.24, 2.45) is 0 Å². The molecule has 0 saturated carbocycles. The van der Waals surface area contributed by atoms with Gasteiger partial charge in [0, 0.05) is 12.4 Å². The average Bonchev–Trinajstić information content (AvgIpc) is 2.03. The summed E-state index contributed by atoms with van der Waals surface area (Å²) in [5.41, 5.74) is 1.26. The van der Waals surface area contributed by atoms with Gasteiger partial charge in [-0.2, -0.15) is 7.05 Å². The van der Waals surface area contributed by atoms with E-state index in [0.717, 1.165) is 13.0 Å². The van der Waals surface area contributed by atoms with Gasteiger partial charge in [-0.3, -0.25) is 4.98 Å². The van der Waals surface area contributed by atoms with Crippen LogP contribution in [0, 0.1) is 0 Å². The molecule has 0 radical (unpaired) electrons. The Labute approximate surface area is 61.3 Å². The van der Waals surface area contributed by atoms with E-state index in [1.165, 1.54) is 5.56 Å². The fourth-order valence-electron chi connectivity index (χ4n) is 0.787. The Kier molecular flexibility index (Phi) is 2.90. The van der Waals surface area contributed by atoms with E-state index in [1.807, 2.05) is 19.3 Å². The Morgan fingerprint density at radius 1 is 1.60 bits per heavy atom. The van der Waals surface area contributed by atoms with Gasteiger partial charge < -0.3 is 5.32 Å². The van der Waals surface area contributed by atoms with Gasteiger partial charge in [-0.1, -0.05) is 6.07 Å². The Balaban J connectivity index is 2.43. The van der Waals surface area contributed by atoms with Gasteiger partial charge in [0.1, 0.15) is 0 Å². The largest absolute Gasteiger partial charge is 0.665 e. The van der Waals surface area contributed by atoms with Crippen molar-refractivity contribution in [2.45, 2.75) is 6.42 Å². The normalized spacial score (nSPS) is 9.70. The highest BCUT2D eigenvalue weighted by molar-refractivity contribution is 5.09. The molecule has 0 amide bonds. The number of nitrogens with zero attached hydrogens (tertiary/aromatic N) is 2. The molecule has 0 aliphatic rings. The molecule has 10 heavy (non-hydrogen) atoms. The van der Waals surface area contributed by atoms with Gasteiger partial charge in [-0.15, -0.1) is 6.54 Å². The average molecular weight is 135 g/mol. The molecule has 1 aromatic heterocycles. The van der Waals surface area contributed by atoms with Gasteiger partial charge in [0.2, 0.25) is 0 Å². The lowest BCUT2D eigenvalue weighted by Crippen LogP contribution is -1.89. The van der Waals surface area contributed by atoms with Crippen LogP contribution in [0.2, 0.25) is 0 Å². The zero-order valence-corrected chi connectivity index (χ0v) is 6.12. The molecule has 1 rings (SSSR count). The van der Waals surface area contributed by atoms with Crippen LogP contribution in [0.4, 0.5) is 0 Å². The first-order chi connectivity index (χ1) is 4.93. The van der Waals surface area contributed by atoms with Crippen molar-refractivity contribution in [3.63, 3.8) is 0 Å². The Morgan fingerprint density at radius 2 is 2.50 bits per heavy atom. The number of aromatic nitrogens is 1. The lowest BCUT2D eigenvalue weighted by Gasteiger charge is -2.08. The summed E-state index contributed by atoms with van der Waals surface area (Å²) in [4.78, 5) is 4.00.